The minimum Gasteiger partial charge on any atom is -0.394 e. The van der Waals surface area contributed by atoms with Gasteiger partial charge in [-0.2, -0.15) is 18.2 Å². The smallest absolute Gasteiger partial charge is 0.394 e. The average Bonchev–Trinajstić information content (AvgIpc) is 3.43. The highest BCUT2D eigenvalue weighted by atomic mass is 19.4. The summed E-state index contributed by atoms with van der Waals surface area (Å²) in [6.07, 6.45) is -2.65. The first-order chi connectivity index (χ1) is 20.2. The molecule has 5 aromatic rings. The zero-order valence-corrected chi connectivity index (χ0v) is 22.2. The van der Waals surface area contributed by atoms with Gasteiger partial charge in [-0.3, -0.25) is 4.79 Å². The van der Waals surface area contributed by atoms with Crippen LogP contribution in [0.2, 0.25) is 0 Å². The molecular formula is C30H26F4N4O4. The zero-order chi connectivity index (χ0) is 29.7. The van der Waals surface area contributed by atoms with Crippen molar-refractivity contribution in [2.45, 2.75) is 19.1 Å². The second-order valence-electron chi connectivity index (χ2n) is 9.48. The van der Waals surface area contributed by atoms with E-state index in [2.05, 4.69) is 15.5 Å². The molecule has 5 rings (SSSR count). The lowest BCUT2D eigenvalue weighted by Crippen LogP contribution is -2.16. The number of nitrogens with one attached hydrogen (secondary N) is 1. The van der Waals surface area contributed by atoms with Crippen LogP contribution in [0.1, 0.15) is 22.6 Å². The highest BCUT2D eigenvalue weighted by Crippen LogP contribution is 2.30. The summed E-state index contributed by atoms with van der Waals surface area (Å²) >= 11 is 0. The zero-order valence-electron chi connectivity index (χ0n) is 22.2. The fraction of sp³-hybridized carbons (Fsp3) is 0.233. The molecule has 0 bridgehead atoms. The third-order valence-electron chi connectivity index (χ3n) is 6.51. The fourth-order valence-electron chi connectivity index (χ4n) is 4.46. The molecule has 0 fully saturated rings. The van der Waals surface area contributed by atoms with Crippen molar-refractivity contribution in [3.63, 3.8) is 0 Å². The van der Waals surface area contributed by atoms with Gasteiger partial charge in [0.15, 0.2) is 0 Å². The van der Waals surface area contributed by atoms with Crippen molar-refractivity contribution in [3.05, 3.63) is 112 Å². The van der Waals surface area contributed by atoms with Crippen molar-refractivity contribution < 1.29 is 31.9 Å². The largest absolute Gasteiger partial charge is 0.416 e. The van der Waals surface area contributed by atoms with Crippen molar-refractivity contribution in [1.29, 1.82) is 0 Å². The normalized spacial score (nSPS) is 11.7. The number of aliphatic hydroxyl groups is 1. The van der Waals surface area contributed by atoms with Crippen LogP contribution in [0.5, 0.6) is 0 Å². The van der Waals surface area contributed by atoms with Gasteiger partial charge in [-0.05, 0) is 35.4 Å². The monoisotopic (exact) mass is 582 g/mol. The molecule has 0 spiro atoms. The van der Waals surface area contributed by atoms with Gasteiger partial charge in [-0.1, -0.05) is 47.6 Å². The molecule has 0 saturated heterocycles. The van der Waals surface area contributed by atoms with Crippen molar-refractivity contribution in [1.82, 2.24) is 14.7 Å². The van der Waals surface area contributed by atoms with E-state index in [1.807, 2.05) is 30.3 Å². The minimum atomic E-state index is -4.48. The molecule has 0 aliphatic rings. The number of alkyl halides is 3. The van der Waals surface area contributed by atoms with Gasteiger partial charge in [-0.15, -0.1) is 0 Å². The summed E-state index contributed by atoms with van der Waals surface area (Å²) in [7, 11) is 0. The van der Waals surface area contributed by atoms with E-state index in [9.17, 15) is 18.0 Å². The molecule has 218 valence electrons. The van der Waals surface area contributed by atoms with Crippen LogP contribution in [-0.2, 0) is 23.9 Å². The molecule has 42 heavy (non-hydrogen) atoms. The molecule has 0 saturated carbocycles. The maximum atomic E-state index is 15.1. The summed E-state index contributed by atoms with van der Waals surface area (Å²) in [5.74, 6) is -0.394. The number of benzene rings is 3. The number of hydrogen-bond donors (Lipinski definition) is 2. The third kappa shape index (κ3) is 6.67. The van der Waals surface area contributed by atoms with Crippen molar-refractivity contribution >= 4 is 16.6 Å². The second kappa shape index (κ2) is 12.5. The number of aliphatic hydroxyl groups excluding tert-OH is 1. The summed E-state index contributed by atoms with van der Waals surface area (Å²) in [6.45, 7) is 0.508. The van der Waals surface area contributed by atoms with Gasteiger partial charge >= 0.3 is 6.18 Å². The lowest BCUT2D eigenvalue weighted by molar-refractivity contribution is -0.137. The Balaban J connectivity index is 1.54. The van der Waals surface area contributed by atoms with E-state index in [-0.39, 0.29) is 61.3 Å². The molecule has 2 heterocycles. The fourth-order valence-corrected chi connectivity index (χ4v) is 4.46. The standard InChI is InChI=1S/C30H26F4N4O4/c31-24-15-22-26(16-25(24)35-10-12-41-13-11-39)38(17-20-6-8-21(9-7-20)30(32,33)34)18-23(28(22)40)29-36-27(42-37-29)14-19-4-2-1-3-5-19/h1-9,15-16,18,35,39H,10-14,17H2. The van der Waals surface area contributed by atoms with E-state index in [1.165, 1.54) is 24.4 Å². The molecule has 3 aromatic carbocycles. The van der Waals surface area contributed by atoms with E-state index >= 15 is 4.39 Å². The molecule has 0 unspecified atom stereocenters. The number of rotatable bonds is 11. The quantitative estimate of drug-likeness (QED) is 0.162. The molecule has 0 radical (unpaired) electrons. The van der Waals surface area contributed by atoms with Gasteiger partial charge < -0.3 is 24.3 Å². The van der Waals surface area contributed by atoms with Crippen molar-refractivity contribution in [3.8, 4) is 11.4 Å². The molecule has 0 amide bonds. The van der Waals surface area contributed by atoms with Crippen LogP contribution in [0.15, 0.2) is 82.2 Å². The summed E-state index contributed by atoms with van der Waals surface area (Å²) in [4.78, 5) is 17.9. The van der Waals surface area contributed by atoms with Crippen LogP contribution < -0.4 is 10.7 Å². The molecule has 0 aliphatic heterocycles. The van der Waals surface area contributed by atoms with Crippen LogP contribution in [0.4, 0.5) is 23.2 Å². The molecule has 0 atom stereocenters. The Kier molecular flexibility index (Phi) is 8.64. The summed E-state index contributed by atoms with van der Waals surface area (Å²) < 4.78 is 66.7. The van der Waals surface area contributed by atoms with Gasteiger partial charge in [0.1, 0.15) is 5.82 Å². The van der Waals surface area contributed by atoms with E-state index < -0.39 is 23.0 Å². The molecule has 8 nitrogen and oxygen atoms in total. The average molecular weight is 583 g/mol. The van der Waals surface area contributed by atoms with Crippen LogP contribution >= 0.6 is 0 Å². The number of anilines is 1. The Morgan fingerprint density at radius 3 is 2.48 bits per heavy atom. The van der Waals surface area contributed by atoms with Gasteiger partial charge in [-0.25, -0.2) is 4.39 Å². The lowest BCUT2D eigenvalue weighted by Gasteiger charge is -2.16. The van der Waals surface area contributed by atoms with Gasteiger partial charge in [0.25, 0.3) is 0 Å². The highest BCUT2D eigenvalue weighted by Gasteiger charge is 2.30. The predicted molar refractivity (Wildman–Crippen MR) is 148 cm³/mol. The summed E-state index contributed by atoms with van der Waals surface area (Å²) in [5.41, 5.74) is 0.631. The van der Waals surface area contributed by atoms with Gasteiger partial charge in [0.2, 0.25) is 17.1 Å². The second-order valence-corrected chi connectivity index (χ2v) is 9.48. The molecule has 2 aromatic heterocycles. The number of ether oxygens (including phenoxy) is 1. The Morgan fingerprint density at radius 1 is 1.00 bits per heavy atom. The van der Waals surface area contributed by atoms with Crippen LogP contribution in [0, 0.1) is 5.82 Å². The molecule has 0 aliphatic carbocycles. The number of pyridine rings is 1. The van der Waals surface area contributed by atoms with Crippen LogP contribution in [-0.4, -0.2) is 46.2 Å². The van der Waals surface area contributed by atoms with Crippen LogP contribution in [0.3, 0.4) is 0 Å². The Hall–Kier alpha value is -4.55. The van der Waals surface area contributed by atoms with Gasteiger partial charge in [0, 0.05) is 24.7 Å². The number of hydrogen-bond acceptors (Lipinski definition) is 7. The third-order valence-corrected chi connectivity index (χ3v) is 6.51. The molecule has 2 N–H and O–H groups in total. The topological polar surface area (TPSA) is 102 Å². The highest BCUT2D eigenvalue weighted by molar-refractivity contribution is 5.86. The predicted octanol–water partition coefficient (Wildman–Crippen LogP) is 5.27. The molecular weight excluding hydrogens is 556 g/mol. The first-order valence-corrected chi connectivity index (χ1v) is 13.0. The van der Waals surface area contributed by atoms with E-state index in [0.29, 0.717) is 17.5 Å². The van der Waals surface area contributed by atoms with Crippen LogP contribution in [0.25, 0.3) is 22.3 Å². The number of aromatic nitrogens is 3. The lowest BCUT2D eigenvalue weighted by atomic mass is 10.1. The summed E-state index contributed by atoms with van der Waals surface area (Å²) in [5, 5.41) is 15.8. The summed E-state index contributed by atoms with van der Waals surface area (Å²) in [6, 6.07) is 16.6. The van der Waals surface area contributed by atoms with Crippen molar-refractivity contribution in [2.75, 3.05) is 31.7 Å². The maximum Gasteiger partial charge on any atom is 0.416 e. The molecule has 12 heteroatoms. The SMILES string of the molecule is O=c1c(-c2noc(Cc3ccccc3)n2)cn(Cc2ccc(C(F)(F)F)cc2)c2cc(NCCOCCO)c(F)cc12. The number of halogens is 4. The van der Waals surface area contributed by atoms with E-state index in [1.54, 1.807) is 4.57 Å². The van der Waals surface area contributed by atoms with E-state index in [4.69, 9.17) is 14.4 Å². The minimum absolute atomic E-state index is 0.0117. The Bertz CT molecular complexity index is 1720. The number of nitrogens with zero attached hydrogens (tertiary/aromatic N) is 3. The Morgan fingerprint density at radius 2 is 1.76 bits per heavy atom. The first kappa shape index (κ1) is 29.0. The van der Waals surface area contributed by atoms with Gasteiger partial charge in [0.05, 0.1) is 48.6 Å². The maximum absolute atomic E-state index is 15.1. The number of fused-ring (bicyclic) bond motifs is 1. The first-order valence-electron chi connectivity index (χ1n) is 13.0. The van der Waals surface area contributed by atoms with Crippen molar-refractivity contribution in [2.24, 2.45) is 0 Å². The Labute approximate surface area is 237 Å². The van der Waals surface area contributed by atoms with E-state index in [0.717, 1.165) is 23.8 Å².